The monoisotopic (exact) mass is 255 g/mol. The smallest absolute Gasteiger partial charge is 1.00 e. The van der Waals surface area contributed by atoms with Crippen molar-refractivity contribution in [2.45, 2.75) is 32.9 Å². The first-order valence-electron chi connectivity index (χ1n) is 4.91. The first kappa shape index (κ1) is 18.8. The van der Waals surface area contributed by atoms with Gasteiger partial charge in [0.25, 0.3) is 0 Å². The molecule has 0 fully saturated rings. The summed E-state index contributed by atoms with van der Waals surface area (Å²) in [5, 5.41) is 20.3. The Kier molecular flexibility index (Phi) is 10.5. The summed E-state index contributed by atoms with van der Waals surface area (Å²) in [6.07, 6.45) is 0.160. The quantitative estimate of drug-likeness (QED) is 0.266. The fraction of sp³-hybridized carbons (Fsp3) is 0.600. The van der Waals surface area contributed by atoms with Crippen molar-refractivity contribution in [2.24, 2.45) is 0 Å². The molecule has 3 N–H and O–H groups in total. The molecule has 0 unspecified atom stereocenters. The standard InChI is InChI=1S/C10H17NO5.Na.H/c1-4-16-10(15)6(2)5-11-8(7(3)12)9(13)14;;/h5,7-8,11-12H,4H2,1-3H3,(H,13,14);;/q;+1;-1/t7-,8+;;/m1../s1. The number of nitrogens with one attached hydrogen (secondary N) is 1. The molecular formula is C10H18NNaO5. The van der Waals surface area contributed by atoms with E-state index in [1.807, 2.05) is 0 Å². The average molecular weight is 255 g/mol. The number of aliphatic hydroxyl groups is 1. The van der Waals surface area contributed by atoms with Crippen LogP contribution in [-0.4, -0.2) is 40.9 Å². The van der Waals surface area contributed by atoms with Crippen LogP contribution < -0.4 is 34.9 Å². The predicted octanol–water partition coefficient (Wildman–Crippen LogP) is -3.01. The molecule has 0 aromatic heterocycles. The molecule has 0 heterocycles. The van der Waals surface area contributed by atoms with Crippen LogP contribution in [0.3, 0.4) is 0 Å². The fourth-order valence-corrected chi connectivity index (χ4v) is 0.936. The van der Waals surface area contributed by atoms with Gasteiger partial charge in [0.2, 0.25) is 0 Å². The Hall–Kier alpha value is -0.560. The molecule has 0 saturated heterocycles. The number of carboxylic acids is 1. The second-order valence-electron chi connectivity index (χ2n) is 3.27. The molecular weight excluding hydrogens is 237 g/mol. The Balaban J connectivity index is -0.00000112. The van der Waals surface area contributed by atoms with E-state index in [-0.39, 0.29) is 43.2 Å². The molecule has 0 rings (SSSR count). The Labute approximate surface area is 124 Å². The Morgan fingerprint density at radius 1 is 1.53 bits per heavy atom. The normalized spacial score (nSPS) is 14.2. The topological polar surface area (TPSA) is 95.9 Å². The fourth-order valence-electron chi connectivity index (χ4n) is 0.936. The van der Waals surface area contributed by atoms with Gasteiger partial charge in [-0.15, -0.1) is 0 Å². The first-order chi connectivity index (χ1) is 7.40. The molecule has 0 radical (unpaired) electrons. The summed E-state index contributed by atoms with van der Waals surface area (Å²) >= 11 is 0. The zero-order valence-electron chi connectivity index (χ0n) is 11.6. The van der Waals surface area contributed by atoms with Crippen molar-refractivity contribution in [3.8, 4) is 0 Å². The van der Waals surface area contributed by atoms with Crippen molar-refractivity contribution in [3.05, 3.63) is 11.8 Å². The Bertz CT molecular complexity index is 296. The van der Waals surface area contributed by atoms with Gasteiger partial charge < -0.3 is 21.7 Å². The van der Waals surface area contributed by atoms with E-state index in [1.165, 1.54) is 20.0 Å². The molecule has 0 aliphatic rings. The molecule has 0 amide bonds. The number of esters is 1. The molecule has 0 aliphatic carbocycles. The van der Waals surface area contributed by atoms with Crippen LogP contribution in [0.15, 0.2) is 11.8 Å². The van der Waals surface area contributed by atoms with Gasteiger partial charge in [-0.1, -0.05) is 0 Å². The summed E-state index contributed by atoms with van der Waals surface area (Å²) in [5.41, 5.74) is 0.244. The van der Waals surface area contributed by atoms with Gasteiger partial charge in [0.1, 0.15) is 6.04 Å². The number of carbonyl (C=O) groups excluding carboxylic acids is 1. The van der Waals surface area contributed by atoms with Crippen LogP contribution in [0.4, 0.5) is 0 Å². The van der Waals surface area contributed by atoms with Crippen LogP contribution in [0.1, 0.15) is 22.2 Å². The van der Waals surface area contributed by atoms with Crippen LogP contribution in [0.25, 0.3) is 0 Å². The largest absolute Gasteiger partial charge is 1.00 e. The molecule has 0 aromatic rings. The van der Waals surface area contributed by atoms with Gasteiger partial charge in [-0.3, -0.25) is 0 Å². The minimum absolute atomic E-state index is 0. The van der Waals surface area contributed by atoms with Gasteiger partial charge in [-0.05, 0) is 20.8 Å². The maximum atomic E-state index is 11.2. The summed E-state index contributed by atoms with van der Waals surface area (Å²) in [4.78, 5) is 21.8. The van der Waals surface area contributed by atoms with Crippen molar-refractivity contribution in [3.63, 3.8) is 0 Å². The van der Waals surface area contributed by atoms with E-state index in [1.54, 1.807) is 6.92 Å². The summed E-state index contributed by atoms with van der Waals surface area (Å²) in [6, 6.07) is -1.15. The SMILES string of the molecule is CCOC(=O)C(C)=CN[C@H](C(=O)O)[C@@H](C)O.[H-].[Na+]. The third kappa shape index (κ3) is 7.38. The maximum absolute atomic E-state index is 11.2. The molecule has 2 atom stereocenters. The molecule has 0 aromatic carbocycles. The summed E-state index contributed by atoms with van der Waals surface area (Å²) in [7, 11) is 0. The van der Waals surface area contributed by atoms with Crippen LogP contribution in [0.5, 0.6) is 0 Å². The van der Waals surface area contributed by atoms with Gasteiger partial charge in [-0.2, -0.15) is 0 Å². The van der Waals surface area contributed by atoms with Crippen LogP contribution >= 0.6 is 0 Å². The average Bonchev–Trinajstić information content (AvgIpc) is 2.16. The third-order valence-electron chi connectivity index (χ3n) is 1.83. The second-order valence-corrected chi connectivity index (χ2v) is 3.27. The van der Waals surface area contributed by atoms with Crippen molar-refractivity contribution < 1.29 is 55.5 Å². The Morgan fingerprint density at radius 3 is 2.41 bits per heavy atom. The number of hydrogen-bond acceptors (Lipinski definition) is 5. The zero-order valence-corrected chi connectivity index (χ0v) is 12.6. The number of aliphatic hydroxyl groups excluding tert-OH is 1. The van der Waals surface area contributed by atoms with E-state index in [4.69, 9.17) is 14.9 Å². The van der Waals surface area contributed by atoms with Gasteiger partial charge in [-0.25, -0.2) is 9.59 Å². The van der Waals surface area contributed by atoms with Gasteiger partial charge in [0, 0.05) is 11.8 Å². The zero-order chi connectivity index (χ0) is 12.7. The third-order valence-corrected chi connectivity index (χ3v) is 1.83. The van der Waals surface area contributed by atoms with Crippen LogP contribution in [0.2, 0.25) is 0 Å². The second kappa shape index (κ2) is 9.47. The number of aliphatic carboxylic acids is 1. The van der Waals surface area contributed by atoms with Crippen LogP contribution in [-0.2, 0) is 14.3 Å². The molecule has 94 valence electrons. The summed E-state index contributed by atoms with van der Waals surface area (Å²) in [6.45, 7) is 4.77. The molecule has 6 nitrogen and oxygen atoms in total. The molecule has 0 bridgehead atoms. The number of hydrogen-bond donors (Lipinski definition) is 3. The summed E-state index contributed by atoms with van der Waals surface area (Å²) < 4.78 is 4.70. The molecule has 0 saturated carbocycles. The maximum Gasteiger partial charge on any atom is 1.00 e. The first-order valence-corrected chi connectivity index (χ1v) is 4.91. The van der Waals surface area contributed by atoms with E-state index < -0.39 is 24.1 Å². The number of ether oxygens (including phenoxy) is 1. The van der Waals surface area contributed by atoms with Crippen molar-refractivity contribution in [2.75, 3.05) is 6.61 Å². The van der Waals surface area contributed by atoms with E-state index in [9.17, 15) is 9.59 Å². The molecule has 0 aliphatic heterocycles. The van der Waals surface area contributed by atoms with E-state index in [0.29, 0.717) is 0 Å². The van der Waals surface area contributed by atoms with Gasteiger partial charge in [0.15, 0.2) is 0 Å². The molecule has 17 heavy (non-hydrogen) atoms. The van der Waals surface area contributed by atoms with E-state index >= 15 is 0 Å². The van der Waals surface area contributed by atoms with Crippen molar-refractivity contribution in [1.82, 2.24) is 5.32 Å². The van der Waals surface area contributed by atoms with E-state index in [0.717, 1.165) is 0 Å². The molecule has 7 heteroatoms. The number of carbonyl (C=O) groups is 2. The van der Waals surface area contributed by atoms with Crippen LogP contribution in [0, 0.1) is 0 Å². The van der Waals surface area contributed by atoms with Gasteiger partial charge in [0.05, 0.1) is 12.7 Å². The number of carboxylic acid groups (broad SMARTS) is 1. The van der Waals surface area contributed by atoms with Crippen molar-refractivity contribution in [1.29, 1.82) is 0 Å². The Morgan fingerprint density at radius 2 is 2.06 bits per heavy atom. The summed E-state index contributed by atoms with van der Waals surface area (Å²) in [5.74, 6) is -1.72. The minimum atomic E-state index is -1.19. The van der Waals surface area contributed by atoms with Gasteiger partial charge >= 0.3 is 41.5 Å². The number of rotatable bonds is 6. The minimum Gasteiger partial charge on any atom is -1.00 e. The van der Waals surface area contributed by atoms with E-state index in [2.05, 4.69) is 5.32 Å². The van der Waals surface area contributed by atoms with Crippen molar-refractivity contribution >= 4 is 11.9 Å². The molecule has 0 spiro atoms. The predicted molar refractivity (Wildman–Crippen MR) is 57.7 cm³/mol.